The molecular weight excluding hydrogens is 413 g/mol. The Morgan fingerprint density at radius 3 is 2.42 bits per heavy atom. The maximum absolute atomic E-state index is 14.1. The molecule has 170 valence electrons. The molecule has 1 N–H and O–H groups in total. The average Bonchev–Trinajstić information content (AvgIpc) is 2.85. The van der Waals surface area contributed by atoms with Gasteiger partial charge in [-0.15, -0.1) is 0 Å². The predicted octanol–water partition coefficient (Wildman–Crippen LogP) is 6.89. The van der Waals surface area contributed by atoms with E-state index in [2.05, 4.69) is 30.1 Å². The van der Waals surface area contributed by atoms with E-state index in [9.17, 15) is 14.4 Å². The van der Waals surface area contributed by atoms with Gasteiger partial charge in [-0.25, -0.2) is 4.39 Å². The summed E-state index contributed by atoms with van der Waals surface area (Å²) in [7, 11) is 0. The summed E-state index contributed by atoms with van der Waals surface area (Å²) in [4.78, 5) is 14.7. The lowest BCUT2D eigenvalue weighted by Gasteiger charge is -2.21. The number of amides is 1. The molecule has 0 aliphatic carbocycles. The van der Waals surface area contributed by atoms with Crippen LogP contribution in [0.3, 0.4) is 0 Å². The molecule has 0 atom stereocenters. The molecule has 0 aliphatic rings. The van der Waals surface area contributed by atoms with Gasteiger partial charge < -0.3 is 10.2 Å². The van der Waals surface area contributed by atoms with Crippen molar-refractivity contribution in [2.75, 3.05) is 23.3 Å². The number of hydrogen-bond acceptors (Lipinski definition) is 3. The number of halogens is 1. The van der Waals surface area contributed by atoms with Crippen molar-refractivity contribution < 1.29 is 9.18 Å². The van der Waals surface area contributed by atoms with Gasteiger partial charge >= 0.3 is 0 Å². The second-order valence-electron chi connectivity index (χ2n) is 6.94. The summed E-state index contributed by atoms with van der Waals surface area (Å²) in [6.45, 7) is 10.0. The molecule has 0 heterocycles. The number of rotatable bonds is 7. The van der Waals surface area contributed by atoms with Gasteiger partial charge in [0, 0.05) is 30.4 Å². The first-order valence-corrected chi connectivity index (χ1v) is 11.2. The Labute approximate surface area is 196 Å². The van der Waals surface area contributed by atoms with Crippen LogP contribution in [0, 0.1) is 17.1 Å². The highest BCUT2D eigenvalue weighted by Gasteiger charge is 2.10. The highest BCUT2D eigenvalue weighted by molar-refractivity contribution is 6.03. The zero-order valence-electron chi connectivity index (χ0n) is 19.6. The van der Waals surface area contributed by atoms with E-state index in [4.69, 9.17) is 0 Å². The van der Waals surface area contributed by atoms with Gasteiger partial charge in [0.25, 0.3) is 0 Å². The molecule has 0 aliphatic heterocycles. The maximum Gasteiger partial charge on any atom is 0.248 e. The highest BCUT2D eigenvalue weighted by Crippen LogP contribution is 2.27. The molecule has 0 radical (unpaired) electrons. The molecule has 0 saturated heterocycles. The third-order valence-electron chi connectivity index (χ3n) is 5.01. The zero-order valence-corrected chi connectivity index (χ0v) is 19.6. The summed E-state index contributed by atoms with van der Waals surface area (Å²) < 4.78 is 14.1. The molecule has 3 aromatic carbocycles. The van der Waals surface area contributed by atoms with Gasteiger partial charge in [0.1, 0.15) is 11.9 Å². The van der Waals surface area contributed by atoms with Crippen LogP contribution in [0.1, 0.15) is 38.8 Å². The van der Waals surface area contributed by atoms with E-state index in [0.717, 1.165) is 24.3 Å². The second kappa shape index (κ2) is 12.8. The van der Waals surface area contributed by atoms with Crippen LogP contribution >= 0.6 is 0 Å². The third kappa shape index (κ3) is 6.78. The molecule has 0 aromatic heterocycles. The number of carbonyl (C=O) groups excluding carboxylic acids is 1. The Bertz CT molecular complexity index is 1140. The van der Waals surface area contributed by atoms with E-state index >= 15 is 0 Å². The summed E-state index contributed by atoms with van der Waals surface area (Å²) in [5.41, 5.74) is 3.65. The average molecular weight is 444 g/mol. The molecule has 5 heteroatoms. The first kappa shape index (κ1) is 25.4. The minimum atomic E-state index is -0.365. The minimum Gasteiger partial charge on any atom is -0.372 e. The lowest BCUT2D eigenvalue weighted by Crippen LogP contribution is -2.21. The van der Waals surface area contributed by atoms with E-state index in [1.807, 2.05) is 38.1 Å². The Morgan fingerprint density at radius 2 is 1.76 bits per heavy atom. The van der Waals surface area contributed by atoms with Crippen LogP contribution in [0.15, 0.2) is 72.8 Å². The fraction of sp³-hybridized carbons (Fsp3) is 0.214. The largest absolute Gasteiger partial charge is 0.372 e. The van der Waals surface area contributed by atoms with Crippen LogP contribution in [0.4, 0.5) is 15.8 Å². The summed E-state index contributed by atoms with van der Waals surface area (Å²) in [5.74, 6) is -0.729. The molecule has 4 nitrogen and oxygen atoms in total. The molecule has 1 amide bonds. The molecule has 33 heavy (non-hydrogen) atoms. The van der Waals surface area contributed by atoms with Crippen molar-refractivity contribution in [1.82, 2.24) is 0 Å². The van der Waals surface area contributed by atoms with E-state index in [-0.39, 0.29) is 11.7 Å². The number of nitriles is 1. The van der Waals surface area contributed by atoms with Crippen LogP contribution in [0.25, 0.3) is 17.2 Å². The SMILES string of the molecule is CC.CCN(CC)c1cccc(/C=C/C(=O)Nc2cc(-c3ccccc3F)ccc2C#N)c1. The quantitative estimate of drug-likeness (QED) is 0.405. The van der Waals surface area contributed by atoms with Crippen LogP contribution in [-0.4, -0.2) is 19.0 Å². The fourth-order valence-electron chi connectivity index (χ4n) is 3.37. The molecule has 0 fully saturated rings. The van der Waals surface area contributed by atoms with Crippen molar-refractivity contribution in [2.45, 2.75) is 27.7 Å². The smallest absolute Gasteiger partial charge is 0.248 e. The fourth-order valence-corrected chi connectivity index (χ4v) is 3.37. The monoisotopic (exact) mass is 443 g/mol. The van der Waals surface area contributed by atoms with Crippen LogP contribution in [0.5, 0.6) is 0 Å². The number of nitrogens with one attached hydrogen (secondary N) is 1. The molecule has 0 saturated carbocycles. The van der Waals surface area contributed by atoms with Gasteiger partial charge in [-0.1, -0.05) is 50.2 Å². The zero-order chi connectivity index (χ0) is 24.2. The van der Waals surface area contributed by atoms with Gasteiger partial charge in [0.2, 0.25) is 5.91 Å². The Balaban J connectivity index is 0.00000187. The lowest BCUT2D eigenvalue weighted by molar-refractivity contribution is -0.111. The van der Waals surface area contributed by atoms with Gasteiger partial charge in [0.15, 0.2) is 0 Å². The number of nitrogens with zero attached hydrogens (tertiary/aromatic N) is 2. The third-order valence-corrected chi connectivity index (χ3v) is 5.01. The summed E-state index contributed by atoms with van der Waals surface area (Å²) in [6.07, 6.45) is 3.16. The number of hydrogen-bond donors (Lipinski definition) is 1. The van der Waals surface area contributed by atoms with Crippen molar-refractivity contribution in [1.29, 1.82) is 5.26 Å². The molecule has 3 aromatic rings. The first-order valence-electron chi connectivity index (χ1n) is 11.2. The summed E-state index contributed by atoms with van der Waals surface area (Å²) in [5, 5.41) is 12.1. The van der Waals surface area contributed by atoms with Crippen molar-refractivity contribution >= 4 is 23.4 Å². The number of benzene rings is 3. The highest BCUT2D eigenvalue weighted by atomic mass is 19.1. The van der Waals surface area contributed by atoms with Crippen molar-refractivity contribution in [3.05, 3.63) is 89.8 Å². The maximum atomic E-state index is 14.1. The topological polar surface area (TPSA) is 56.1 Å². The van der Waals surface area contributed by atoms with Crippen molar-refractivity contribution in [3.8, 4) is 17.2 Å². The molecular formula is C28H30FN3O. The molecule has 0 unspecified atom stereocenters. The van der Waals surface area contributed by atoms with E-state index in [0.29, 0.717) is 22.4 Å². The van der Waals surface area contributed by atoms with E-state index in [1.165, 1.54) is 12.1 Å². The van der Waals surface area contributed by atoms with E-state index < -0.39 is 0 Å². The summed E-state index contributed by atoms with van der Waals surface area (Å²) >= 11 is 0. The lowest BCUT2D eigenvalue weighted by atomic mass is 10.0. The standard InChI is InChI=1S/C26H24FN3O.C2H6/c1-3-30(4-2)22-9-7-8-19(16-22)12-15-26(31)29-25-17-20(13-14-21(25)18-28)23-10-5-6-11-24(23)27;1-2/h5-17H,3-4H2,1-2H3,(H,29,31);1-2H3/b15-12+;. The van der Waals surface area contributed by atoms with Crippen molar-refractivity contribution in [2.24, 2.45) is 0 Å². The summed E-state index contributed by atoms with van der Waals surface area (Å²) in [6, 6.07) is 21.3. The molecule has 0 spiro atoms. The predicted molar refractivity (Wildman–Crippen MR) is 136 cm³/mol. The van der Waals surface area contributed by atoms with Gasteiger partial charge in [-0.05, 0) is 61.4 Å². The van der Waals surface area contributed by atoms with Crippen LogP contribution < -0.4 is 10.2 Å². The Morgan fingerprint density at radius 1 is 1.03 bits per heavy atom. The van der Waals surface area contributed by atoms with Gasteiger partial charge in [-0.2, -0.15) is 5.26 Å². The number of carbonyl (C=O) groups is 1. The van der Waals surface area contributed by atoms with E-state index in [1.54, 1.807) is 42.5 Å². The molecule has 3 rings (SSSR count). The Kier molecular flexibility index (Phi) is 9.85. The molecule has 0 bridgehead atoms. The van der Waals surface area contributed by atoms with Crippen LogP contribution in [0.2, 0.25) is 0 Å². The van der Waals surface area contributed by atoms with Gasteiger partial charge in [-0.3, -0.25) is 4.79 Å². The van der Waals surface area contributed by atoms with Crippen LogP contribution in [-0.2, 0) is 4.79 Å². The number of anilines is 2. The van der Waals surface area contributed by atoms with Crippen molar-refractivity contribution in [3.63, 3.8) is 0 Å². The second-order valence-corrected chi connectivity index (χ2v) is 6.94. The Hall–Kier alpha value is -3.91. The van der Waals surface area contributed by atoms with Gasteiger partial charge in [0.05, 0.1) is 11.3 Å². The normalized spacial score (nSPS) is 10.2. The minimum absolute atomic E-state index is 0.311. The first-order chi connectivity index (χ1) is 16.0.